The van der Waals surface area contributed by atoms with Gasteiger partial charge in [-0.05, 0) is 19.3 Å². The van der Waals surface area contributed by atoms with Crippen LogP contribution in [0.3, 0.4) is 0 Å². The van der Waals surface area contributed by atoms with E-state index in [4.69, 9.17) is 0 Å². The van der Waals surface area contributed by atoms with E-state index in [1.54, 1.807) is 0 Å². The van der Waals surface area contributed by atoms with E-state index in [1.165, 1.54) is 0 Å². The Morgan fingerprint density at radius 3 is 2.60 bits per heavy atom. The summed E-state index contributed by atoms with van der Waals surface area (Å²) in [7, 11) is 0. The first-order valence-corrected chi connectivity index (χ1v) is 3.50. The Hall–Kier alpha value is -0.860. The van der Waals surface area contributed by atoms with E-state index >= 15 is 0 Å². The molecule has 0 spiro atoms. The summed E-state index contributed by atoms with van der Waals surface area (Å²) in [6, 6.07) is 0. The molecule has 0 N–H and O–H groups in total. The zero-order valence-electron chi connectivity index (χ0n) is 6.08. The van der Waals surface area contributed by atoms with E-state index < -0.39 is 0 Å². The first-order chi connectivity index (χ1) is 4.77. The third kappa shape index (κ3) is 7.14. The fourth-order valence-electron chi connectivity index (χ4n) is 0.706. The molecule has 0 aromatic rings. The predicted octanol–water partition coefficient (Wildman–Crippen LogP) is 2.01. The number of allylic oxidation sites excluding steroid dienone is 1. The summed E-state index contributed by atoms with van der Waals surface area (Å²) in [5, 5.41) is 9.82. The van der Waals surface area contributed by atoms with Crippen molar-refractivity contribution in [2.45, 2.75) is 25.7 Å². The highest BCUT2D eigenvalue weighted by atomic mass is 16.6. The molecule has 0 unspecified atom stereocenters. The number of nitro groups is 1. The molecule has 0 heterocycles. The van der Waals surface area contributed by atoms with Gasteiger partial charge in [-0.2, -0.15) is 0 Å². The van der Waals surface area contributed by atoms with Crippen molar-refractivity contribution >= 4 is 0 Å². The van der Waals surface area contributed by atoms with Crippen LogP contribution in [0.15, 0.2) is 12.7 Å². The molecule has 0 fully saturated rings. The second kappa shape index (κ2) is 6.26. The molecule has 0 aliphatic rings. The fourth-order valence-corrected chi connectivity index (χ4v) is 0.706. The smallest absolute Gasteiger partial charge is 0.203 e. The van der Waals surface area contributed by atoms with E-state index in [9.17, 15) is 10.1 Å². The van der Waals surface area contributed by atoms with Crippen LogP contribution in [0.1, 0.15) is 25.7 Å². The van der Waals surface area contributed by atoms with E-state index in [1.807, 2.05) is 6.08 Å². The van der Waals surface area contributed by atoms with Gasteiger partial charge in [-0.3, -0.25) is 10.1 Å². The summed E-state index contributed by atoms with van der Waals surface area (Å²) < 4.78 is 0. The minimum atomic E-state index is -0.270. The zero-order chi connectivity index (χ0) is 7.82. The molecule has 0 bridgehead atoms. The topological polar surface area (TPSA) is 43.1 Å². The third-order valence-corrected chi connectivity index (χ3v) is 1.25. The minimum absolute atomic E-state index is 0.108. The summed E-state index contributed by atoms with van der Waals surface area (Å²) >= 11 is 0. The Morgan fingerprint density at radius 1 is 1.40 bits per heavy atom. The SMILES string of the molecule is C=CCCCCC[N+](=O)[O-]. The van der Waals surface area contributed by atoms with Crippen LogP contribution in [0.2, 0.25) is 0 Å². The highest BCUT2D eigenvalue weighted by molar-refractivity contribution is 4.65. The lowest BCUT2D eigenvalue weighted by Gasteiger charge is -1.92. The van der Waals surface area contributed by atoms with Crippen LogP contribution < -0.4 is 0 Å². The maximum atomic E-state index is 9.82. The number of hydrogen-bond donors (Lipinski definition) is 0. The van der Waals surface area contributed by atoms with Crippen molar-refractivity contribution in [2.24, 2.45) is 0 Å². The molecule has 58 valence electrons. The number of unbranched alkanes of at least 4 members (excludes halogenated alkanes) is 3. The summed E-state index contributed by atoms with van der Waals surface area (Å²) in [5.74, 6) is 0. The lowest BCUT2D eigenvalue weighted by molar-refractivity contribution is -0.480. The average Bonchev–Trinajstić information content (AvgIpc) is 1.87. The van der Waals surface area contributed by atoms with Crippen molar-refractivity contribution in [1.29, 1.82) is 0 Å². The Bertz CT molecular complexity index is 112. The van der Waals surface area contributed by atoms with Crippen molar-refractivity contribution in [3.05, 3.63) is 22.8 Å². The normalized spacial score (nSPS) is 9.20. The number of nitrogens with zero attached hydrogens (tertiary/aromatic N) is 1. The predicted molar refractivity (Wildman–Crippen MR) is 40.5 cm³/mol. The molecule has 0 radical (unpaired) electrons. The van der Waals surface area contributed by atoms with E-state index in [0.717, 1.165) is 19.3 Å². The molecule has 3 heteroatoms. The van der Waals surface area contributed by atoms with E-state index in [-0.39, 0.29) is 11.5 Å². The van der Waals surface area contributed by atoms with Gasteiger partial charge in [0.05, 0.1) is 0 Å². The van der Waals surface area contributed by atoms with Gasteiger partial charge in [-0.1, -0.05) is 6.08 Å². The van der Waals surface area contributed by atoms with Gasteiger partial charge in [0.15, 0.2) is 0 Å². The van der Waals surface area contributed by atoms with Crippen molar-refractivity contribution in [1.82, 2.24) is 0 Å². The van der Waals surface area contributed by atoms with Crippen LogP contribution in [0, 0.1) is 10.1 Å². The van der Waals surface area contributed by atoms with Gasteiger partial charge in [0.2, 0.25) is 6.54 Å². The summed E-state index contributed by atoms with van der Waals surface area (Å²) in [6.07, 6.45) is 5.47. The molecule has 0 rings (SSSR count). The van der Waals surface area contributed by atoms with E-state index in [0.29, 0.717) is 6.42 Å². The van der Waals surface area contributed by atoms with Crippen LogP contribution in [0.4, 0.5) is 0 Å². The molecule has 0 aromatic carbocycles. The van der Waals surface area contributed by atoms with Gasteiger partial charge in [0.1, 0.15) is 0 Å². The van der Waals surface area contributed by atoms with Gasteiger partial charge in [0, 0.05) is 11.3 Å². The summed E-state index contributed by atoms with van der Waals surface area (Å²) in [4.78, 5) is 9.55. The van der Waals surface area contributed by atoms with Gasteiger partial charge < -0.3 is 0 Å². The molecule has 0 atom stereocenters. The average molecular weight is 143 g/mol. The Balaban J connectivity index is 2.90. The Labute approximate surface area is 60.9 Å². The molecule has 0 aromatic heterocycles. The molecule has 0 saturated heterocycles. The van der Waals surface area contributed by atoms with Crippen LogP contribution in [-0.4, -0.2) is 11.5 Å². The standard InChI is InChI=1S/C7H13NO2/c1-2-3-4-5-6-7-8(9)10/h2H,1,3-7H2. The maximum absolute atomic E-state index is 9.82. The lowest BCUT2D eigenvalue weighted by Crippen LogP contribution is -1.99. The first kappa shape index (κ1) is 9.14. The number of hydrogen-bond acceptors (Lipinski definition) is 2. The van der Waals surface area contributed by atoms with E-state index in [2.05, 4.69) is 6.58 Å². The van der Waals surface area contributed by atoms with Crippen molar-refractivity contribution < 1.29 is 4.92 Å². The second-order valence-corrected chi connectivity index (χ2v) is 2.19. The van der Waals surface area contributed by atoms with Gasteiger partial charge >= 0.3 is 0 Å². The van der Waals surface area contributed by atoms with Crippen molar-refractivity contribution in [2.75, 3.05) is 6.54 Å². The second-order valence-electron chi connectivity index (χ2n) is 2.19. The van der Waals surface area contributed by atoms with Crippen LogP contribution in [0.25, 0.3) is 0 Å². The Morgan fingerprint density at radius 2 is 2.10 bits per heavy atom. The quantitative estimate of drug-likeness (QED) is 0.247. The molecule has 0 aliphatic carbocycles. The third-order valence-electron chi connectivity index (χ3n) is 1.25. The van der Waals surface area contributed by atoms with Gasteiger partial charge in [0.25, 0.3) is 0 Å². The molecule has 10 heavy (non-hydrogen) atoms. The first-order valence-electron chi connectivity index (χ1n) is 3.50. The summed E-state index contributed by atoms with van der Waals surface area (Å²) in [6.45, 7) is 3.67. The summed E-state index contributed by atoms with van der Waals surface area (Å²) in [5.41, 5.74) is 0. The number of rotatable bonds is 6. The zero-order valence-corrected chi connectivity index (χ0v) is 6.08. The lowest BCUT2D eigenvalue weighted by atomic mass is 10.2. The van der Waals surface area contributed by atoms with Crippen LogP contribution in [0.5, 0.6) is 0 Å². The monoisotopic (exact) mass is 143 g/mol. The molecular formula is C7H13NO2. The highest BCUT2D eigenvalue weighted by Crippen LogP contribution is 1.99. The molecule has 0 saturated carbocycles. The molecular weight excluding hydrogens is 130 g/mol. The molecule has 0 amide bonds. The molecule has 0 aliphatic heterocycles. The highest BCUT2D eigenvalue weighted by Gasteiger charge is 1.94. The fraction of sp³-hybridized carbons (Fsp3) is 0.714. The van der Waals surface area contributed by atoms with Gasteiger partial charge in [-0.25, -0.2) is 0 Å². The Kier molecular flexibility index (Phi) is 5.72. The van der Waals surface area contributed by atoms with Crippen LogP contribution >= 0.6 is 0 Å². The largest absolute Gasteiger partial charge is 0.265 e. The maximum Gasteiger partial charge on any atom is 0.203 e. The molecule has 3 nitrogen and oxygen atoms in total. The van der Waals surface area contributed by atoms with Crippen molar-refractivity contribution in [3.63, 3.8) is 0 Å². The minimum Gasteiger partial charge on any atom is -0.265 e. The van der Waals surface area contributed by atoms with Gasteiger partial charge in [-0.15, -0.1) is 6.58 Å². The van der Waals surface area contributed by atoms with Crippen molar-refractivity contribution in [3.8, 4) is 0 Å². The van der Waals surface area contributed by atoms with Crippen LogP contribution in [-0.2, 0) is 0 Å².